The summed E-state index contributed by atoms with van der Waals surface area (Å²) in [4.78, 5) is 13.4. The number of ether oxygens (including phenoxy) is 1. The zero-order valence-corrected chi connectivity index (χ0v) is 9.05. The van der Waals surface area contributed by atoms with Crippen molar-refractivity contribution < 1.29 is 14.2 Å². The molecule has 1 amide bonds. The van der Waals surface area contributed by atoms with Crippen LogP contribution in [0.15, 0.2) is 17.3 Å². The highest BCUT2D eigenvalue weighted by atomic mass is 16.6. The quantitative estimate of drug-likeness (QED) is 0.682. The van der Waals surface area contributed by atoms with Crippen molar-refractivity contribution in [2.75, 3.05) is 32.5 Å². The number of anilines is 1. The van der Waals surface area contributed by atoms with Gasteiger partial charge in [-0.1, -0.05) is 6.08 Å². The molecule has 7 heteroatoms. The summed E-state index contributed by atoms with van der Waals surface area (Å²) in [5.74, 6) is -0.368. The van der Waals surface area contributed by atoms with Crippen LogP contribution in [0.5, 0.6) is 0 Å². The molecule has 0 saturated carbocycles. The van der Waals surface area contributed by atoms with Gasteiger partial charge in [-0.05, 0) is 10.3 Å². The Bertz CT molecular complexity index is 363. The number of nitrogens with two attached hydrogens (primary N) is 1. The van der Waals surface area contributed by atoms with Gasteiger partial charge in [-0.2, -0.15) is 0 Å². The lowest BCUT2D eigenvalue weighted by molar-refractivity contribution is 0.0708. The first-order valence-electron chi connectivity index (χ1n) is 4.67. The van der Waals surface area contributed by atoms with Crippen molar-refractivity contribution >= 4 is 11.7 Å². The Hall–Kier alpha value is -1.89. The molecule has 0 saturated heterocycles. The van der Waals surface area contributed by atoms with E-state index in [2.05, 4.69) is 21.5 Å². The number of hydrogen-bond acceptors (Lipinski definition) is 6. The van der Waals surface area contributed by atoms with E-state index in [9.17, 15) is 4.79 Å². The van der Waals surface area contributed by atoms with Gasteiger partial charge in [-0.25, -0.2) is 4.63 Å². The highest BCUT2D eigenvalue weighted by Crippen LogP contribution is 2.08. The van der Waals surface area contributed by atoms with Gasteiger partial charge in [0.1, 0.15) is 0 Å². The number of amides is 1. The molecule has 1 rings (SSSR count). The Kier molecular flexibility index (Phi) is 4.46. The van der Waals surface area contributed by atoms with E-state index in [0.717, 1.165) is 0 Å². The fourth-order valence-electron chi connectivity index (χ4n) is 1.13. The molecule has 1 aromatic heterocycles. The smallest absolute Gasteiger partial charge is 0.280 e. The zero-order chi connectivity index (χ0) is 12.0. The van der Waals surface area contributed by atoms with Crippen molar-refractivity contribution in [1.82, 2.24) is 15.2 Å². The average Bonchev–Trinajstić information content (AvgIpc) is 2.69. The van der Waals surface area contributed by atoms with Crippen LogP contribution in [0.25, 0.3) is 0 Å². The van der Waals surface area contributed by atoms with Crippen LogP contribution in [0.4, 0.5) is 5.82 Å². The molecule has 0 aromatic carbocycles. The first kappa shape index (κ1) is 12.2. The van der Waals surface area contributed by atoms with E-state index in [4.69, 9.17) is 10.5 Å². The topological polar surface area (TPSA) is 94.5 Å². The van der Waals surface area contributed by atoms with Gasteiger partial charge in [0.05, 0.1) is 6.61 Å². The predicted octanol–water partition coefficient (Wildman–Crippen LogP) is -0.0736. The van der Waals surface area contributed by atoms with Gasteiger partial charge < -0.3 is 15.4 Å². The number of nitrogen functional groups attached to an aromatic ring is 1. The van der Waals surface area contributed by atoms with Gasteiger partial charge in [0.2, 0.25) is 11.5 Å². The van der Waals surface area contributed by atoms with Crippen LogP contribution >= 0.6 is 0 Å². The molecule has 2 N–H and O–H groups in total. The van der Waals surface area contributed by atoms with Crippen LogP contribution in [0.1, 0.15) is 10.5 Å². The van der Waals surface area contributed by atoms with E-state index in [-0.39, 0.29) is 17.4 Å². The summed E-state index contributed by atoms with van der Waals surface area (Å²) in [5.41, 5.74) is 5.44. The van der Waals surface area contributed by atoms with E-state index in [1.807, 2.05) is 0 Å². The molecular formula is C9H14N4O3. The minimum absolute atomic E-state index is 0.0120. The van der Waals surface area contributed by atoms with Gasteiger partial charge in [0.25, 0.3) is 5.91 Å². The summed E-state index contributed by atoms with van der Waals surface area (Å²) >= 11 is 0. The van der Waals surface area contributed by atoms with E-state index in [0.29, 0.717) is 19.7 Å². The van der Waals surface area contributed by atoms with Crippen molar-refractivity contribution in [3.05, 3.63) is 18.3 Å². The molecule has 0 unspecified atom stereocenters. The van der Waals surface area contributed by atoms with Crippen LogP contribution in [0.3, 0.4) is 0 Å². The van der Waals surface area contributed by atoms with Gasteiger partial charge in [-0.15, -0.1) is 6.58 Å². The Morgan fingerprint density at radius 2 is 2.44 bits per heavy atom. The first-order valence-corrected chi connectivity index (χ1v) is 4.67. The van der Waals surface area contributed by atoms with E-state index >= 15 is 0 Å². The van der Waals surface area contributed by atoms with Gasteiger partial charge in [0.15, 0.2) is 0 Å². The van der Waals surface area contributed by atoms with E-state index < -0.39 is 0 Å². The molecule has 0 radical (unpaired) electrons. The molecular weight excluding hydrogens is 212 g/mol. The monoisotopic (exact) mass is 226 g/mol. The van der Waals surface area contributed by atoms with Crippen LogP contribution in [0.2, 0.25) is 0 Å². The molecule has 0 bridgehead atoms. The maximum Gasteiger partial charge on any atom is 0.280 e. The van der Waals surface area contributed by atoms with Crippen molar-refractivity contribution in [3.63, 3.8) is 0 Å². The third kappa shape index (κ3) is 2.80. The molecule has 0 spiro atoms. The second-order valence-corrected chi connectivity index (χ2v) is 3.03. The molecule has 0 aliphatic carbocycles. The molecule has 0 atom stereocenters. The second-order valence-electron chi connectivity index (χ2n) is 3.03. The maximum atomic E-state index is 11.9. The standard InChI is InChI=1S/C9H14N4O3/c1-3-4-13(5-6-15-2)9(14)7-8(10)12-16-11-7/h3H,1,4-6H2,2H3,(H2,10,12). The Morgan fingerprint density at radius 3 is 2.94 bits per heavy atom. The summed E-state index contributed by atoms with van der Waals surface area (Å²) in [6.45, 7) is 4.80. The summed E-state index contributed by atoms with van der Waals surface area (Å²) in [6, 6.07) is 0. The minimum atomic E-state index is -0.351. The molecule has 1 heterocycles. The number of hydrogen-bond donors (Lipinski definition) is 1. The summed E-state index contributed by atoms with van der Waals surface area (Å²) in [7, 11) is 1.56. The summed E-state index contributed by atoms with van der Waals surface area (Å²) in [5, 5.41) is 6.80. The molecule has 1 aromatic rings. The number of aromatic nitrogens is 2. The lowest BCUT2D eigenvalue weighted by atomic mass is 10.3. The normalized spacial score (nSPS) is 10.1. The number of rotatable bonds is 6. The Balaban J connectivity index is 2.74. The predicted molar refractivity (Wildman–Crippen MR) is 56.7 cm³/mol. The summed E-state index contributed by atoms with van der Waals surface area (Å²) < 4.78 is 9.27. The van der Waals surface area contributed by atoms with Gasteiger partial charge in [-0.3, -0.25) is 4.79 Å². The highest BCUT2D eigenvalue weighted by molar-refractivity contribution is 5.96. The van der Waals surface area contributed by atoms with E-state index in [1.165, 1.54) is 4.90 Å². The van der Waals surface area contributed by atoms with Crippen LogP contribution in [-0.4, -0.2) is 47.9 Å². The Morgan fingerprint density at radius 1 is 1.69 bits per heavy atom. The van der Waals surface area contributed by atoms with Crippen molar-refractivity contribution in [2.24, 2.45) is 0 Å². The summed E-state index contributed by atoms with van der Waals surface area (Å²) in [6.07, 6.45) is 1.61. The molecule has 16 heavy (non-hydrogen) atoms. The number of carbonyl (C=O) groups excluding carboxylic acids is 1. The van der Waals surface area contributed by atoms with Crippen LogP contribution in [-0.2, 0) is 4.74 Å². The molecule has 7 nitrogen and oxygen atoms in total. The number of nitrogens with zero attached hydrogens (tertiary/aromatic N) is 3. The maximum absolute atomic E-state index is 11.9. The third-order valence-electron chi connectivity index (χ3n) is 1.92. The number of methoxy groups -OCH3 is 1. The fourth-order valence-corrected chi connectivity index (χ4v) is 1.13. The lowest BCUT2D eigenvalue weighted by Crippen LogP contribution is -2.34. The van der Waals surface area contributed by atoms with Crippen LogP contribution < -0.4 is 5.73 Å². The Labute approximate surface area is 92.8 Å². The molecule has 0 aliphatic heterocycles. The number of carbonyl (C=O) groups is 1. The van der Waals surface area contributed by atoms with Crippen molar-refractivity contribution in [1.29, 1.82) is 0 Å². The molecule has 0 aliphatic rings. The first-order chi connectivity index (χ1) is 7.70. The van der Waals surface area contributed by atoms with Crippen molar-refractivity contribution in [2.45, 2.75) is 0 Å². The zero-order valence-electron chi connectivity index (χ0n) is 9.05. The SMILES string of the molecule is C=CCN(CCOC)C(=O)c1nonc1N. The van der Waals surface area contributed by atoms with Gasteiger partial charge >= 0.3 is 0 Å². The molecule has 88 valence electrons. The second kappa shape index (κ2) is 5.86. The van der Waals surface area contributed by atoms with Gasteiger partial charge in [0, 0.05) is 20.2 Å². The molecule has 0 fully saturated rings. The average molecular weight is 226 g/mol. The minimum Gasteiger partial charge on any atom is -0.383 e. The van der Waals surface area contributed by atoms with Crippen molar-refractivity contribution in [3.8, 4) is 0 Å². The van der Waals surface area contributed by atoms with E-state index in [1.54, 1.807) is 13.2 Å². The van der Waals surface area contributed by atoms with Crippen LogP contribution in [0, 0.1) is 0 Å². The third-order valence-corrected chi connectivity index (χ3v) is 1.92. The highest BCUT2D eigenvalue weighted by Gasteiger charge is 2.21. The largest absolute Gasteiger partial charge is 0.383 e. The lowest BCUT2D eigenvalue weighted by Gasteiger charge is -2.19. The fraction of sp³-hybridized carbons (Fsp3) is 0.444.